The number of unbranched alkanes of at least 4 members (excludes halogenated alkanes) is 8. The molecule has 2 unspecified atom stereocenters. The summed E-state index contributed by atoms with van der Waals surface area (Å²) in [6.07, 6.45) is 13.2. The number of hydrogen-bond acceptors (Lipinski definition) is 2. The Morgan fingerprint density at radius 1 is 0.882 bits per heavy atom. The first-order chi connectivity index (χ1) is 8.22. The molecule has 0 aromatic carbocycles. The molecule has 0 N–H and O–H groups in total. The Kier molecular flexibility index (Phi) is 12.6. The molecule has 0 aliphatic rings. The summed E-state index contributed by atoms with van der Waals surface area (Å²) in [4.78, 5) is 0. The van der Waals surface area contributed by atoms with Gasteiger partial charge in [-0.15, -0.1) is 0 Å². The topological polar surface area (TPSA) is 40.1 Å². The third kappa shape index (κ3) is 11.0. The van der Waals surface area contributed by atoms with Crippen molar-refractivity contribution < 1.29 is 8.76 Å². The maximum absolute atomic E-state index is 10.8. The summed E-state index contributed by atoms with van der Waals surface area (Å²) in [7, 11) is 0. The molecule has 0 bridgehead atoms. The highest BCUT2D eigenvalue weighted by atomic mass is 32.2. The van der Waals surface area contributed by atoms with Gasteiger partial charge >= 0.3 is 0 Å². The van der Waals surface area contributed by atoms with Crippen LogP contribution in [-0.2, 0) is 11.1 Å². The lowest BCUT2D eigenvalue weighted by Crippen LogP contribution is -2.13. The van der Waals surface area contributed by atoms with E-state index in [0.29, 0.717) is 0 Å². The Bertz CT molecular complexity index is 183. The Balaban J connectivity index is 3.20. The van der Waals surface area contributed by atoms with E-state index in [1.54, 1.807) is 0 Å². The van der Waals surface area contributed by atoms with Gasteiger partial charge in [0.1, 0.15) is 0 Å². The zero-order valence-electron chi connectivity index (χ0n) is 11.6. The molecule has 0 amide bonds. The standard InChI is InChI=1S/C14H30O2S/c1-3-5-6-7-8-9-10-11-12-13-14(4-2)17(15)16/h14H,3-13H2,1-2H3,(H,15,16)/p-1. The summed E-state index contributed by atoms with van der Waals surface area (Å²) in [5.41, 5.74) is 0. The van der Waals surface area contributed by atoms with Gasteiger partial charge < -0.3 is 4.55 Å². The predicted molar refractivity (Wildman–Crippen MR) is 74.8 cm³/mol. The zero-order valence-corrected chi connectivity index (χ0v) is 12.4. The van der Waals surface area contributed by atoms with Gasteiger partial charge in [0.25, 0.3) is 0 Å². The fourth-order valence-corrected chi connectivity index (χ4v) is 2.75. The highest BCUT2D eigenvalue weighted by Crippen LogP contribution is 2.14. The van der Waals surface area contributed by atoms with Gasteiger partial charge in [-0.05, 0) is 12.8 Å². The van der Waals surface area contributed by atoms with Gasteiger partial charge in [-0.1, -0.05) is 82.7 Å². The van der Waals surface area contributed by atoms with Crippen molar-refractivity contribution in [3.05, 3.63) is 0 Å². The van der Waals surface area contributed by atoms with E-state index >= 15 is 0 Å². The first-order valence-corrected chi connectivity index (χ1v) is 8.44. The van der Waals surface area contributed by atoms with Crippen LogP contribution < -0.4 is 0 Å². The average molecular weight is 261 g/mol. The van der Waals surface area contributed by atoms with Crippen LogP contribution in [0.25, 0.3) is 0 Å². The second-order valence-electron chi connectivity index (χ2n) is 4.91. The van der Waals surface area contributed by atoms with E-state index in [4.69, 9.17) is 0 Å². The van der Waals surface area contributed by atoms with Crippen molar-refractivity contribution in [3.63, 3.8) is 0 Å². The summed E-state index contributed by atoms with van der Waals surface area (Å²) < 4.78 is 21.6. The minimum absolute atomic E-state index is 0.112. The Labute approximate surface area is 110 Å². The van der Waals surface area contributed by atoms with Gasteiger partial charge in [0.2, 0.25) is 0 Å². The largest absolute Gasteiger partial charge is 0.772 e. The van der Waals surface area contributed by atoms with Crippen LogP contribution in [0.3, 0.4) is 0 Å². The first kappa shape index (κ1) is 17.1. The van der Waals surface area contributed by atoms with Crippen LogP contribution in [-0.4, -0.2) is 14.0 Å². The molecule has 0 aromatic rings. The average Bonchev–Trinajstić information content (AvgIpc) is 2.31. The Morgan fingerprint density at radius 3 is 1.76 bits per heavy atom. The van der Waals surface area contributed by atoms with Crippen molar-refractivity contribution in [3.8, 4) is 0 Å². The predicted octanol–water partition coefficient (Wildman–Crippen LogP) is 4.57. The van der Waals surface area contributed by atoms with Crippen molar-refractivity contribution in [1.29, 1.82) is 0 Å². The Hall–Kier alpha value is 0.110. The quantitative estimate of drug-likeness (QED) is 0.381. The molecule has 2 nitrogen and oxygen atoms in total. The van der Waals surface area contributed by atoms with Crippen LogP contribution in [0, 0.1) is 0 Å². The Morgan fingerprint density at radius 2 is 1.35 bits per heavy atom. The highest BCUT2D eigenvalue weighted by molar-refractivity contribution is 7.79. The van der Waals surface area contributed by atoms with Gasteiger partial charge in [-0.25, -0.2) is 0 Å². The van der Waals surface area contributed by atoms with Crippen LogP contribution in [0.15, 0.2) is 0 Å². The first-order valence-electron chi connectivity index (χ1n) is 7.30. The van der Waals surface area contributed by atoms with Crippen LogP contribution in [0.2, 0.25) is 0 Å². The molecule has 17 heavy (non-hydrogen) atoms. The third-order valence-electron chi connectivity index (χ3n) is 3.36. The van der Waals surface area contributed by atoms with Crippen molar-refractivity contribution in [1.82, 2.24) is 0 Å². The van der Waals surface area contributed by atoms with Crippen molar-refractivity contribution in [2.24, 2.45) is 0 Å². The van der Waals surface area contributed by atoms with E-state index in [0.717, 1.165) is 19.3 Å². The number of hydrogen-bond donors (Lipinski definition) is 0. The molecule has 0 heterocycles. The smallest absolute Gasteiger partial charge is 0.0213 e. The summed E-state index contributed by atoms with van der Waals surface area (Å²) >= 11 is -1.87. The van der Waals surface area contributed by atoms with E-state index in [-0.39, 0.29) is 5.25 Å². The molecule has 0 rings (SSSR count). The molecular weight excluding hydrogens is 232 g/mol. The van der Waals surface area contributed by atoms with Gasteiger partial charge in [0.15, 0.2) is 0 Å². The lowest BCUT2D eigenvalue weighted by molar-refractivity contribution is 0.499. The molecule has 0 fully saturated rings. The minimum Gasteiger partial charge on any atom is -0.772 e. The molecule has 0 aromatic heterocycles. The molecular formula is C14H29O2S-. The van der Waals surface area contributed by atoms with E-state index in [1.807, 2.05) is 6.92 Å². The van der Waals surface area contributed by atoms with Crippen LogP contribution in [0.1, 0.15) is 84.5 Å². The van der Waals surface area contributed by atoms with E-state index in [2.05, 4.69) is 6.92 Å². The fourth-order valence-electron chi connectivity index (χ4n) is 2.12. The monoisotopic (exact) mass is 261 g/mol. The molecule has 2 atom stereocenters. The SMILES string of the molecule is CCCCCCCCCCCC(CC)S(=O)[O-]. The van der Waals surface area contributed by atoms with Crippen molar-refractivity contribution >= 4 is 11.1 Å². The second kappa shape index (κ2) is 12.6. The van der Waals surface area contributed by atoms with Gasteiger partial charge in [-0.2, -0.15) is 0 Å². The normalized spacial score (nSPS) is 14.8. The third-order valence-corrected chi connectivity index (χ3v) is 4.47. The summed E-state index contributed by atoms with van der Waals surface area (Å²) in [5.74, 6) is 0. The molecule has 0 radical (unpaired) electrons. The summed E-state index contributed by atoms with van der Waals surface area (Å²) in [6, 6.07) is 0. The fraction of sp³-hybridized carbons (Fsp3) is 1.00. The molecule has 0 aliphatic carbocycles. The molecule has 0 saturated heterocycles. The van der Waals surface area contributed by atoms with Gasteiger partial charge in [0.05, 0.1) is 0 Å². The molecule has 0 saturated carbocycles. The van der Waals surface area contributed by atoms with E-state index < -0.39 is 11.1 Å². The lowest BCUT2D eigenvalue weighted by Gasteiger charge is -2.17. The second-order valence-corrected chi connectivity index (χ2v) is 6.10. The minimum atomic E-state index is -1.87. The van der Waals surface area contributed by atoms with E-state index in [1.165, 1.54) is 51.4 Å². The van der Waals surface area contributed by atoms with Gasteiger partial charge in [0, 0.05) is 5.25 Å². The summed E-state index contributed by atoms with van der Waals surface area (Å²) in [6.45, 7) is 4.19. The molecule has 0 spiro atoms. The lowest BCUT2D eigenvalue weighted by atomic mass is 10.1. The van der Waals surface area contributed by atoms with Crippen LogP contribution in [0.4, 0.5) is 0 Å². The maximum atomic E-state index is 10.8. The van der Waals surface area contributed by atoms with Crippen LogP contribution in [0.5, 0.6) is 0 Å². The van der Waals surface area contributed by atoms with Crippen LogP contribution >= 0.6 is 0 Å². The maximum Gasteiger partial charge on any atom is 0.0213 e. The molecule has 0 aliphatic heterocycles. The number of rotatable bonds is 12. The van der Waals surface area contributed by atoms with Crippen molar-refractivity contribution in [2.75, 3.05) is 0 Å². The van der Waals surface area contributed by atoms with Gasteiger partial charge in [-0.3, -0.25) is 4.21 Å². The molecule has 3 heteroatoms. The zero-order chi connectivity index (χ0) is 12.9. The molecule has 104 valence electrons. The van der Waals surface area contributed by atoms with Crippen molar-refractivity contribution in [2.45, 2.75) is 89.7 Å². The van der Waals surface area contributed by atoms with E-state index in [9.17, 15) is 8.76 Å². The summed E-state index contributed by atoms with van der Waals surface area (Å²) in [5, 5.41) is -0.112. The highest BCUT2D eigenvalue weighted by Gasteiger charge is 2.05.